The molecule has 24 heavy (non-hydrogen) atoms. The van der Waals surface area contributed by atoms with Gasteiger partial charge in [-0.3, -0.25) is 9.78 Å². The molecule has 0 radical (unpaired) electrons. The van der Waals surface area contributed by atoms with Crippen LogP contribution in [0.1, 0.15) is 23.2 Å². The molecule has 4 heteroatoms. The molecule has 0 spiro atoms. The van der Waals surface area contributed by atoms with Gasteiger partial charge in [0.15, 0.2) is 0 Å². The average molecular weight is 319 g/mol. The normalized spacial score (nSPS) is 17.9. The summed E-state index contributed by atoms with van der Waals surface area (Å²) in [6.45, 7) is 2.79. The number of hydrogen-bond acceptors (Lipinski definition) is 3. The van der Waals surface area contributed by atoms with Crippen LogP contribution in [-0.4, -0.2) is 30.5 Å². The number of carbonyl (C=O) groups excluding carboxylic acids is 1. The number of nitrogens with one attached hydrogen (secondary N) is 2. The van der Waals surface area contributed by atoms with Crippen LogP contribution in [0.4, 0.5) is 0 Å². The van der Waals surface area contributed by atoms with Crippen molar-refractivity contribution in [3.63, 3.8) is 0 Å². The lowest BCUT2D eigenvalue weighted by molar-refractivity contribution is 0.0946. The number of aromatic nitrogens is 1. The molecule has 1 aliphatic heterocycles. The van der Waals surface area contributed by atoms with Crippen LogP contribution in [0.3, 0.4) is 0 Å². The quantitative estimate of drug-likeness (QED) is 0.729. The monoisotopic (exact) mass is 319 g/mol. The molecule has 1 unspecified atom stereocenters. The molecular formula is C20H21N3O. The third-order valence-electron chi connectivity index (χ3n) is 4.81. The third kappa shape index (κ3) is 2.85. The summed E-state index contributed by atoms with van der Waals surface area (Å²) in [6, 6.07) is 14.1. The fraction of sp³-hybridized carbons (Fsp3) is 0.300. The molecule has 1 aromatic heterocycles. The largest absolute Gasteiger partial charge is 0.352 e. The lowest BCUT2D eigenvalue weighted by atomic mass is 9.98. The van der Waals surface area contributed by atoms with Crippen molar-refractivity contribution in [3.8, 4) is 0 Å². The third-order valence-corrected chi connectivity index (χ3v) is 4.81. The van der Waals surface area contributed by atoms with Crippen LogP contribution < -0.4 is 10.6 Å². The molecule has 0 saturated carbocycles. The van der Waals surface area contributed by atoms with Gasteiger partial charge in [-0.25, -0.2) is 0 Å². The highest BCUT2D eigenvalue weighted by atomic mass is 16.1. The molecule has 0 bridgehead atoms. The molecule has 2 aromatic carbocycles. The van der Waals surface area contributed by atoms with E-state index in [1.54, 1.807) is 6.20 Å². The van der Waals surface area contributed by atoms with E-state index in [0.717, 1.165) is 34.8 Å². The standard InChI is InChI=1S/C20H21N3O/c24-20(23-13-14-5-3-9-21-12-14)18-11-15-6-1-2-7-16(15)17-8-4-10-22-19(17)18/h1-2,4,6-8,10-11,14,21H,3,5,9,12-13H2,(H,23,24). The van der Waals surface area contributed by atoms with Gasteiger partial charge in [-0.05, 0) is 54.8 Å². The summed E-state index contributed by atoms with van der Waals surface area (Å²) in [5.41, 5.74) is 1.43. The van der Waals surface area contributed by atoms with Gasteiger partial charge in [0, 0.05) is 18.1 Å². The topological polar surface area (TPSA) is 54.0 Å². The van der Waals surface area contributed by atoms with Gasteiger partial charge in [0.05, 0.1) is 11.1 Å². The SMILES string of the molecule is O=C(NCC1CCCNC1)c1cc2ccccc2c2cccnc12. The number of fused-ring (bicyclic) bond motifs is 3. The first kappa shape index (κ1) is 15.1. The van der Waals surface area contributed by atoms with E-state index < -0.39 is 0 Å². The Kier molecular flexibility index (Phi) is 4.13. The Hall–Kier alpha value is -2.46. The van der Waals surface area contributed by atoms with Crippen molar-refractivity contribution in [1.82, 2.24) is 15.6 Å². The summed E-state index contributed by atoms with van der Waals surface area (Å²) in [7, 11) is 0. The van der Waals surface area contributed by atoms with E-state index in [1.807, 2.05) is 36.4 Å². The van der Waals surface area contributed by atoms with Gasteiger partial charge in [-0.1, -0.05) is 30.3 Å². The molecule has 1 saturated heterocycles. The van der Waals surface area contributed by atoms with Crippen LogP contribution in [-0.2, 0) is 0 Å². The maximum atomic E-state index is 12.8. The first-order valence-electron chi connectivity index (χ1n) is 8.58. The smallest absolute Gasteiger partial charge is 0.253 e. The second-order valence-corrected chi connectivity index (χ2v) is 6.47. The van der Waals surface area contributed by atoms with E-state index in [-0.39, 0.29) is 5.91 Å². The Morgan fingerprint density at radius 3 is 2.96 bits per heavy atom. The van der Waals surface area contributed by atoms with Gasteiger partial charge in [-0.2, -0.15) is 0 Å². The number of nitrogens with zero attached hydrogens (tertiary/aromatic N) is 1. The molecule has 1 fully saturated rings. The van der Waals surface area contributed by atoms with Crippen LogP contribution in [0.5, 0.6) is 0 Å². The summed E-state index contributed by atoms with van der Waals surface area (Å²) in [4.78, 5) is 17.2. The van der Waals surface area contributed by atoms with E-state index in [9.17, 15) is 4.79 Å². The Bertz CT molecular complexity index is 884. The first-order valence-corrected chi connectivity index (χ1v) is 8.58. The second-order valence-electron chi connectivity index (χ2n) is 6.47. The zero-order valence-corrected chi connectivity index (χ0v) is 13.6. The van der Waals surface area contributed by atoms with Crippen molar-refractivity contribution in [2.45, 2.75) is 12.8 Å². The second kappa shape index (κ2) is 6.57. The number of piperidine rings is 1. The van der Waals surface area contributed by atoms with Crippen molar-refractivity contribution in [3.05, 3.63) is 54.2 Å². The van der Waals surface area contributed by atoms with Crippen LogP contribution in [0, 0.1) is 5.92 Å². The van der Waals surface area contributed by atoms with Gasteiger partial charge in [0.2, 0.25) is 0 Å². The minimum Gasteiger partial charge on any atom is -0.352 e. The van der Waals surface area contributed by atoms with Crippen molar-refractivity contribution in [2.24, 2.45) is 5.92 Å². The molecule has 2 N–H and O–H groups in total. The van der Waals surface area contributed by atoms with Crippen molar-refractivity contribution in [1.29, 1.82) is 0 Å². The van der Waals surface area contributed by atoms with Crippen molar-refractivity contribution in [2.75, 3.05) is 19.6 Å². The molecule has 122 valence electrons. The van der Waals surface area contributed by atoms with Gasteiger partial charge in [-0.15, -0.1) is 0 Å². The average Bonchev–Trinajstić information content (AvgIpc) is 2.66. The zero-order chi connectivity index (χ0) is 16.4. The Balaban J connectivity index is 1.67. The van der Waals surface area contributed by atoms with Crippen molar-refractivity contribution < 1.29 is 4.79 Å². The fourth-order valence-corrected chi connectivity index (χ4v) is 3.53. The van der Waals surface area contributed by atoms with E-state index >= 15 is 0 Å². The van der Waals surface area contributed by atoms with E-state index in [1.165, 1.54) is 12.8 Å². The maximum absolute atomic E-state index is 12.8. The van der Waals surface area contributed by atoms with Crippen LogP contribution in [0.25, 0.3) is 21.7 Å². The molecule has 3 aromatic rings. The number of pyridine rings is 1. The zero-order valence-electron chi connectivity index (χ0n) is 13.6. The van der Waals surface area contributed by atoms with Gasteiger partial charge >= 0.3 is 0 Å². The van der Waals surface area contributed by atoms with Gasteiger partial charge in [0.1, 0.15) is 0 Å². The number of benzene rings is 2. The first-order chi connectivity index (χ1) is 11.8. The van der Waals surface area contributed by atoms with Crippen molar-refractivity contribution >= 4 is 27.6 Å². The number of amides is 1. The lowest BCUT2D eigenvalue weighted by Gasteiger charge is -2.23. The predicted molar refractivity (Wildman–Crippen MR) is 97.2 cm³/mol. The van der Waals surface area contributed by atoms with Crippen LogP contribution in [0.15, 0.2) is 48.7 Å². The summed E-state index contributed by atoms with van der Waals surface area (Å²) in [6.07, 6.45) is 4.10. The van der Waals surface area contributed by atoms with Gasteiger partial charge in [0.25, 0.3) is 5.91 Å². The van der Waals surface area contributed by atoms with Crippen LogP contribution >= 0.6 is 0 Å². The highest BCUT2D eigenvalue weighted by Gasteiger charge is 2.17. The number of carbonyl (C=O) groups is 1. The summed E-state index contributed by atoms with van der Waals surface area (Å²) in [5, 5.41) is 9.73. The maximum Gasteiger partial charge on any atom is 0.253 e. The highest BCUT2D eigenvalue weighted by molar-refractivity contribution is 6.15. The minimum absolute atomic E-state index is 0.0324. The highest BCUT2D eigenvalue weighted by Crippen LogP contribution is 2.27. The summed E-state index contributed by atoms with van der Waals surface area (Å²) < 4.78 is 0. The molecule has 1 aliphatic rings. The Labute approximate surface area is 141 Å². The molecular weight excluding hydrogens is 298 g/mol. The minimum atomic E-state index is -0.0324. The fourth-order valence-electron chi connectivity index (χ4n) is 3.53. The summed E-state index contributed by atoms with van der Waals surface area (Å²) >= 11 is 0. The molecule has 0 aliphatic carbocycles. The van der Waals surface area contributed by atoms with E-state index in [2.05, 4.69) is 21.7 Å². The number of rotatable bonds is 3. The molecule has 2 heterocycles. The van der Waals surface area contributed by atoms with E-state index in [4.69, 9.17) is 0 Å². The molecule has 4 nitrogen and oxygen atoms in total. The molecule has 4 rings (SSSR count). The predicted octanol–water partition coefficient (Wildman–Crippen LogP) is 3.12. The van der Waals surface area contributed by atoms with Crippen LogP contribution in [0.2, 0.25) is 0 Å². The lowest BCUT2D eigenvalue weighted by Crippen LogP contribution is -2.38. The Morgan fingerprint density at radius 2 is 2.08 bits per heavy atom. The molecule has 1 atom stereocenters. The van der Waals surface area contributed by atoms with Gasteiger partial charge < -0.3 is 10.6 Å². The number of hydrogen-bond donors (Lipinski definition) is 2. The Morgan fingerprint density at radius 1 is 1.21 bits per heavy atom. The molecule has 1 amide bonds. The summed E-state index contributed by atoms with van der Waals surface area (Å²) in [5.74, 6) is 0.484. The van der Waals surface area contributed by atoms with E-state index in [0.29, 0.717) is 18.0 Å².